The number of hydrogen-bond acceptors (Lipinski definition) is 6. The molecule has 1 heterocycles. The van der Waals surface area contributed by atoms with E-state index in [1.807, 2.05) is 37.3 Å². The summed E-state index contributed by atoms with van der Waals surface area (Å²) in [5.74, 6) is 0.595. The molecule has 22 heavy (non-hydrogen) atoms. The molecule has 1 amide bonds. The van der Waals surface area contributed by atoms with Gasteiger partial charge in [-0.3, -0.25) is 4.79 Å². The zero-order valence-corrected chi connectivity index (χ0v) is 13.4. The lowest BCUT2D eigenvalue weighted by Gasteiger charge is -2.20. The number of nitrogens with two attached hydrogens (primary N) is 2. The minimum Gasteiger partial charge on any atom is -0.383 e. The Hall–Kier alpha value is -2.28. The first-order chi connectivity index (χ1) is 10.5. The lowest BCUT2D eigenvalue weighted by molar-refractivity contribution is -0.129. The van der Waals surface area contributed by atoms with E-state index in [-0.39, 0.29) is 11.2 Å². The first kappa shape index (κ1) is 16.1. The molecule has 0 saturated heterocycles. The van der Waals surface area contributed by atoms with Crippen molar-refractivity contribution in [3.63, 3.8) is 0 Å². The van der Waals surface area contributed by atoms with Crippen LogP contribution in [-0.2, 0) is 11.3 Å². The van der Waals surface area contributed by atoms with E-state index >= 15 is 0 Å². The number of anilines is 2. The highest BCUT2D eigenvalue weighted by atomic mass is 32.2. The molecule has 1 unspecified atom stereocenters. The molecule has 0 aliphatic carbocycles. The number of nitrogens with zero attached hydrogens (tertiary/aromatic N) is 3. The molecule has 1 aromatic heterocycles. The topological polar surface area (TPSA) is 98.1 Å². The fourth-order valence-corrected chi connectivity index (χ4v) is 2.88. The van der Waals surface area contributed by atoms with E-state index in [1.165, 1.54) is 17.8 Å². The van der Waals surface area contributed by atoms with E-state index in [0.29, 0.717) is 23.3 Å². The number of aromatic nitrogens is 2. The molecule has 116 valence electrons. The Kier molecular flexibility index (Phi) is 5.21. The normalized spacial score (nSPS) is 11.9. The van der Waals surface area contributed by atoms with Gasteiger partial charge in [-0.1, -0.05) is 42.1 Å². The molecule has 6 nitrogen and oxygen atoms in total. The van der Waals surface area contributed by atoms with Crippen LogP contribution >= 0.6 is 11.8 Å². The number of hydrogen-bond donors (Lipinski definition) is 2. The van der Waals surface area contributed by atoms with Crippen molar-refractivity contribution < 1.29 is 4.79 Å². The van der Waals surface area contributed by atoms with E-state index in [0.717, 1.165) is 5.56 Å². The molecule has 0 bridgehead atoms. The lowest BCUT2D eigenvalue weighted by Crippen LogP contribution is -2.32. The van der Waals surface area contributed by atoms with Crippen LogP contribution in [0.25, 0.3) is 0 Å². The molecule has 1 aromatic carbocycles. The van der Waals surface area contributed by atoms with Crippen LogP contribution in [0.15, 0.2) is 41.6 Å². The van der Waals surface area contributed by atoms with Crippen molar-refractivity contribution in [1.29, 1.82) is 0 Å². The Morgan fingerprint density at radius 1 is 1.23 bits per heavy atom. The fourth-order valence-electron chi connectivity index (χ4n) is 1.97. The van der Waals surface area contributed by atoms with Gasteiger partial charge in [0.05, 0.1) is 5.25 Å². The fraction of sp³-hybridized carbons (Fsp3) is 0.267. The quantitative estimate of drug-likeness (QED) is 0.644. The molecule has 0 spiro atoms. The van der Waals surface area contributed by atoms with Crippen LogP contribution in [0.1, 0.15) is 12.5 Å². The second kappa shape index (κ2) is 7.13. The highest BCUT2D eigenvalue weighted by Crippen LogP contribution is 2.23. The molecule has 0 saturated carbocycles. The van der Waals surface area contributed by atoms with Crippen LogP contribution in [-0.4, -0.2) is 33.1 Å². The second-order valence-corrected chi connectivity index (χ2v) is 6.25. The molecular weight excluding hydrogens is 298 g/mol. The Balaban J connectivity index is 1.99. The number of carbonyl (C=O) groups excluding carboxylic acids is 1. The maximum absolute atomic E-state index is 12.4. The summed E-state index contributed by atoms with van der Waals surface area (Å²) in [6, 6.07) is 11.3. The highest BCUT2D eigenvalue weighted by molar-refractivity contribution is 8.00. The van der Waals surface area contributed by atoms with E-state index in [2.05, 4.69) is 9.97 Å². The largest absolute Gasteiger partial charge is 0.383 e. The maximum atomic E-state index is 12.4. The average molecular weight is 317 g/mol. The summed E-state index contributed by atoms with van der Waals surface area (Å²) >= 11 is 1.25. The number of rotatable bonds is 5. The summed E-state index contributed by atoms with van der Waals surface area (Å²) in [5.41, 5.74) is 12.4. The summed E-state index contributed by atoms with van der Waals surface area (Å²) in [6.07, 6.45) is 0. The third-order valence-corrected chi connectivity index (χ3v) is 3.96. The van der Waals surface area contributed by atoms with Crippen LogP contribution in [0.3, 0.4) is 0 Å². The number of carbonyl (C=O) groups is 1. The molecule has 0 fully saturated rings. The summed E-state index contributed by atoms with van der Waals surface area (Å²) in [7, 11) is 1.78. The first-order valence-electron chi connectivity index (χ1n) is 6.81. The first-order valence-corrected chi connectivity index (χ1v) is 7.69. The second-order valence-electron chi connectivity index (χ2n) is 4.94. The van der Waals surface area contributed by atoms with Gasteiger partial charge in [0.1, 0.15) is 11.6 Å². The summed E-state index contributed by atoms with van der Waals surface area (Å²) in [6.45, 7) is 2.38. The number of amides is 1. The van der Waals surface area contributed by atoms with Crippen LogP contribution < -0.4 is 11.5 Å². The van der Waals surface area contributed by atoms with Crippen molar-refractivity contribution in [2.45, 2.75) is 23.9 Å². The average Bonchev–Trinajstić information content (AvgIpc) is 2.46. The zero-order chi connectivity index (χ0) is 16.1. The molecule has 7 heteroatoms. The Morgan fingerprint density at radius 2 is 1.82 bits per heavy atom. The smallest absolute Gasteiger partial charge is 0.235 e. The van der Waals surface area contributed by atoms with Crippen LogP contribution in [0.5, 0.6) is 0 Å². The van der Waals surface area contributed by atoms with Gasteiger partial charge in [-0.25, -0.2) is 9.97 Å². The number of benzene rings is 1. The standard InChI is InChI=1S/C15H19N5OS/c1-10(22-15-18-12(16)8-13(17)19-15)14(21)20(2)9-11-6-4-3-5-7-11/h3-8,10H,9H2,1-2H3,(H4,16,17,18,19). The third-order valence-electron chi connectivity index (χ3n) is 3.01. The molecule has 0 radical (unpaired) electrons. The molecule has 0 aliphatic heterocycles. The van der Waals surface area contributed by atoms with E-state index in [9.17, 15) is 4.79 Å². The van der Waals surface area contributed by atoms with Crippen molar-refractivity contribution in [1.82, 2.24) is 14.9 Å². The van der Waals surface area contributed by atoms with Crippen molar-refractivity contribution in [2.75, 3.05) is 18.5 Å². The predicted octanol–water partition coefficient (Wildman–Crippen LogP) is 1.78. The van der Waals surface area contributed by atoms with Crippen molar-refractivity contribution in [2.24, 2.45) is 0 Å². The van der Waals surface area contributed by atoms with Gasteiger partial charge in [-0.05, 0) is 12.5 Å². The van der Waals surface area contributed by atoms with Gasteiger partial charge in [0.15, 0.2) is 5.16 Å². The molecule has 2 aromatic rings. The molecule has 1 atom stereocenters. The van der Waals surface area contributed by atoms with Gasteiger partial charge in [0.2, 0.25) is 5.91 Å². The number of thioether (sulfide) groups is 1. The molecule has 2 rings (SSSR count). The van der Waals surface area contributed by atoms with E-state index < -0.39 is 0 Å². The Bertz CT molecular complexity index is 629. The SMILES string of the molecule is CC(Sc1nc(N)cc(N)n1)C(=O)N(C)Cc1ccccc1. The Morgan fingerprint density at radius 3 is 2.41 bits per heavy atom. The minimum atomic E-state index is -0.324. The highest BCUT2D eigenvalue weighted by Gasteiger charge is 2.20. The van der Waals surface area contributed by atoms with Crippen molar-refractivity contribution >= 4 is 29.3 Å². The van der Waals surface area contributed by atoms with Crippen LogP contribution in [0, 0.1) is 0 Å². The summed E-state index contributed by atoms with van der Waals surface area (Å²) in [5, 5.41) is 0.0846. The monoisotopic (exact) mass is 317 g/mol. The number of nitrogen functional groups attached to an aromatic ring is 2. The van der Waals surface area contributed by atoms with Crippen molar-refractivity contribution in [3.8, 4) is 0 Å². The van der Waals surface area contributed by atoms with Gasteiger partial charge in [-0.15, -0.1) is 0 Å². The molecule has 0 aliphatic rings. The van der Waals surface area contributed by atoms with E-state index in [4.69, 9.17) is 11.5 Å². The van der Waals surface area contributed by atoms with Gasteiger partial charge in [-0.2, -0.15) is 0 Å². The molecule has 4 N–H and O–H groups in total. The lowest BCUT2D eigenvalue weighted by atomic mass is 10.2. The summed E-state index contributed by atoms with van der Waals surface area (Å²) < 4.78 is 0. The molecular formula is C15H19N5OS. The zero-order valence-electron chi connectivity index (χ0n) is 12.6. The third kappa shape index (κ3) is 4.36. The van der Waals surface area contributed by atoms with Gasteiger partial charge < -0.3 is 16.4 Å². The van der Waals surface area contributed by atoms with Crippen LogP contribution in [0.2, 0.25) is 0 Å². The van der Waals surface area contributed by atoms with Crippen LogP contribution in [0.4, 0.5) is 11.6 Å². The van der Waals surface area contributed by atoms with Gasteiger partial charge in [0, 0.05) is 19.7 Å². The predicted molar refractivity (Wildman–Crippen MR) is 89.1 cm³/mol. The van der Waals surface area contributed by atoms with E-state index in [1.54, 1.807) is 11.9 Å². The minimum absolute atomic E-state index is 0.00144. The van der Waals surface area contributed by atoms with Gasteiger partial charge >= 0.3 is 0 Å². The van der Waals surface area contributed by atoms with Crippen molar-refractivity contribution in [3.05, 3.63) is 42.0 Å². The maximum Gasteiger partial charge on any atom is 0.235 e. The Labute approximate surface area is 133 Å². The van der Waals surface area contributed by atoms with Gasteiger partial charge in [0.25, 0.3) is 0 Å². The summed E-state index contributed by atoms with van der Waals surface area (Å²) in [4.78, 5) is 22.2.